The number of likely N-dealkylation sites (N-methyl/N-ethyl adjacent to an activating group) is 1. The third-order valence-electron chi connectivity index (χ3n) is 3.94. The maximum absolute atomic E-state index is 12.4. The molecule has 0 saturated carbocycles. The number of benzene rings is 2. The molecule has 0 fully saturated rings. The third-order valence-corrected chi connectivity index (χ3v) is 4.20. The first-order valence-electron chi connectivity index (χ1n) is 7.73. The summed E-state index contributed by atoms with van der Waals surface area (Å²) in [6, 6.07) is 14.2. The van der Waals surface area contributed by atoms with Gasteiger partial charge in [0.05, 0.1) is 6.04 Å². The van der Waals surface area contributed by atoms with Gasteiger partial charge in [-0.1, -0.05) is 23.7 Å². The molecule has 0 aliphatic carbocycles. The minimum Gasteiger partial charge on any atom is -0.325 e. The number of Topliss-reactive ketones (excluding diaryl/α,β-unsaturated/α-hetero) is 1. The molecule has 4 nitrogen and oxygen atoms in total. The molecule has 0 heterocycles. The first-order valence-corrected chi connectivity index (χ1v) is 8.11. The topological polar surface area (TPSA) is 49.4 Å². The van der Waals surface area contributed by atoms with Crippen LogP contribution in [0.1, 0.15) is 29.8 Å². The average Bonchev–Trinajstić information content (AvgIpc) is 2.56. The summed E-state index contributed by atoms with van der Waals surface area (Å²) in [7, 11) is 1.90. The number of nitrogens with one attached hydrogen (secondary N) is 1. The fraction of sp³-hybridized carbons (Fsp3) is 0.263. The Kier molecular flexibility index (Phi) is 6.12. The third kappa shape index (κ3) is 4.91. The van der Waals surface area contributed by atoms with E-state index < -0.39 is 0 Å². The highest BCUT2D eigenvalue weighted by molar-refractivity contribution is 6.30. The number of nitrogens with zero attached hydrogens (tertiary/aromatic N) is 1. The average molecular weight is 345 g/mol. The molecule has 2 rings (SSSR count). The molecule has 0 radical (unpaired) electrons. The van der Waals surface area contributed by atoms with Gasteiger partial charge in [-0.05, 0) is 62.9 Å². The molecule has 24 heavy (non-hydrogen) atoms. The molecule has 1 N–H and O–H groups in total. The van der Waals surface area contributed by atoms with Crippen molar-refractivity contribution < 1.29 is 9.59 Å². The molecule has 2 aromatic carbocycles. The molecule has 0 aliphatic rings. The number of rotatable bonds is 6. The van der Waals surface area contributed by atoms with Gasteiger partial charge in [-0.15, -0.1) is 0 Å². The van der Waals surface area contributed by atoms with Crippen LogP contribution in [-0.4, -0.2) is 29.7 Å². The van der Waals surface area contributed by atoms with Crippen LogP contribution >= 0.6 is 11.6 Å². The number of hydrogen-bond donors (Lipinski definition) is 1. The van der Waals surface area contributed by atoms with Gasteiger partial charge < -0.3 is 5.32 Å². The van der Waals surface area contributed by atoms with E-state index in [0.717, 1.165) is 5.56 Å². The van der Waals surface area contributed by atoms with Crippen LogP contribution in [0.25, 0.3) is 0 Å². The molecular formula is C19H21ClN2O2. The monoisotopic (exact) mass is 344 g/mol. The van der Waals surface area contributed by atoms with Crippen molar-refractivity contribution in [2.45, 2.75) is 26.4 Å². The normalized spacial score (nSPS) is 12.0. The quantitative estimate of drug-likeness (QED) is 0.806. The Morgan fingerprint density at radius 3 is 2.21 bits per heavy atom. The van der Waals surface area contributed by atoms with Crippen LogP contribution in [0.5, 0.6) is 0 Å². The zero-order valence-corrected chi connectivity index (χ0v) is 14.8. The lowest BCUT2D eigenvalue weighted by Gasteiger charge is -2.24. The molecule has 5 heteroatoms. The zero-order valence-electron chi connectivity index (χ0n) is 14.0. The highest BCUT2D eigenvalue weighted by Crippen LogP contribution is 2.14. The lowest BCUT2D eigenvalue weighted by molar-refractivity contribution is -0.120. The van der Waals surface area contributed by atoms with Crippen LogP contribution in [0.2, 0.25) is 5.02 Å². The van der Waals surface area contributed by atoms with E-state index in [1.807, 2.05) is 43.1 Å². The molecule has 0 saturated heterocycles. The summed E-state index contributed by atoms with van der Waals surface area (Å²) < 4.78 is 0. The summed E-state index contributed by atoms with van der Waals surface area (Å²) in [6.07, 6.45) is 0. The largest absolute Gasteiger partial charge is 0.325 e. The van der Waals surface area contributed by atoms with Crippen LogP contribution in [0, 0.1) is 0 Å². The molecule has 0 bridgehead atoms. The van der Waals surface area contributed by atoms with Crippen molar-refractivity contribution in [2.75, 3.05) is 12.4 Å². The molecule has 0 unspecified atom stereocenters. The Morgan fingerprint density at radius 1 is 1.08 bits per heavy atom. The van der Waals surface area contributed by atoms with Crippen LogP contribution in [0.4, 0.5) is 5.69 Å². The van der Waals surface area contributed by atoms with Gasteiger partial charge in [0.15, 0.2) is 5.78 Å². The number of carbonyl (C=O) groups excluding carboxylic acids is 2. The Bertz CT molecular complexity index is 711. The lowest BCUT2D eigenvalue weighted by Crippen LogP contribution is -2.39. The van der Waals surface area contributed by atoms with E-state index in [1.165, 1.54) is 6.92 Å². The Hall–Kier alpha value is -2.17. The second-order valence-electron chi connectivity index (χ2n) is 5.84. The van der Waals surface area contributed by atoms with Gasteiger partial charge in [0.1, 0.15) is 0 Å². The molecule has 2 aromatic rings. The second-order valence-corrected chi connectivity index (χ2v) is 6.28. The van der Waals surface area contributed by atoms with Crippen molar-refractivity contribution >= 4 is 29.0 Å². The minimum atomic E-state index is -0.298. The van der Waals surface area contributed by atoms with Crippen molar-refractivity contribution in [1.29, 1.82) is 0 Å². The van der Waals surface area contributed by atoms with E-state index >= 15 is 0 Å². The maximum Gasteiger partial charge on any atom is 0.241 e. The van der Waals surface area contributed by atoms with Gasteiger partial charge >= 0.3 is 0 Å². The summed E-state index contributed by atoms with van der Waals surface area (Å²) in [6.45, 7) is 4.02. The number of hydrogen-bond acceptors (Lipinski definition) is 3. The maximum atomic E-state index is 12.4. The van der Waals surface area contributed by atoms with E-state index in [1.54, 1.807) is 24.3 Å². The van der Waals surface area contributed by atoms with E-state index in [9.17, 15) is 9.59 Å². The van der Waals surface area contributed by atoms with Gasteiger partial charge in [-0.2, -0.15) is 0 Å². The predicted molar refractivity (Wildman–Crippen MR) is 97.5 cm³/mol. The molecule has 0 aromatic heterocycles. The molecular weight excluding hydrogens is 324 g/mol. The van der Waals surface area contributed by atoms with Crippen molar-refractivity contribution in [3.05, 3.63) is 64.7 Å². The van der Waals surface area contributed by atoms with Crippen LogP contribution in [-0.2, 0) is 11.3 Å². The van der Waals surface area contributed by atoms with Crippen molar-refractivity contribution in [1.82, 2.24) is 4.90 Å². The number of amides is 1. The Morgan fingerprint density at radius 2 is 1.67 bits per heavy atom. The standard InChI is InChI=1S/C19H21ClN2O2/c1-13(22(3)12-15-4-8-17(20)9-5-15)19(24)21-18-10-6-16(7-11-18)14(2)23/h4-11,13H,12H2,1-3H3,(H,21,24)/t13-/m0/s1. The summed E-state index contributed by atoms with van der Waals surface area (Å²) in [4.78, 5) is 25.6. The SMILES string of the molecule is CC(=O)c1ccc(NC(=O)[C@H](C)N(C)Cc2ccc(Cl)cc2)cc1. The fourth-order valence-electron chi connectivity index (χ4n) is 2.25. The van der Waals surface area contributed by atoms with Gasteiger partial charge in [0.2, 0.25) is 5.91 Å². The fourth-order valence-corrected chi connectivity index (χ4v) is 2.38. The summed E-state index contributed by atoms with van der Waals surface area (Å²) in [5, 5.41) is 3.57. The smallest absolute Gasteiger partial charge is 0.241 e. The van der Waals surface area contributed by atoms with Crippen molar-refractivity contribution in [2.24, 2.45) is 0 Å². The van der Waals surface area contributed by atoms with Crippen LogP contribution in [0.3, 0.4) is 0 Å². The molecule has 1 amide bonds. The van der Waals surface area contributed by atoms with Gasteiger partial charge in [0, 0.05) is 22.8 Å². The first kappa shape index (κ1) is 18.2. The number of anilines is 1. The van der Waals surface area contributed by atoms with Crippen molar-refractivity contribution in [3.63, 3.8) is 0 Å². The number of halogens is 1. The predicted octanol–water partition coefficient (Wildman–Crippen LogP) is 4.00. The van der Waals surface area contributed by atoms with Crippen LogP contribution in [0.15, 0.2) is 48.5 Å². The lowest BCUT2D eigenvalue weighted by atomic mass is 10.1. The van der Waals surface area contributed by atoms with Crippen molar-refractivity contribution in [3.8, 4) is 0 Å². The molecule has 0 aliphatic heterocycles. The van der Waals surface area contributed by atoms with Gasteiger partial charge in [-0.25, -0.2) is 0 Å². The van der Waals surface area contributed by atoms with Gasteiger partial charge in [-0.3, -0.25) is 14.5 Å². The van der Waals surface area contributed by atoms with E-state index in [0.29, 0.717) is 22.8 Å². The highest BCUT2D eigenvalue weighted by atomic mass is 35.5. The Balaban J connectivity index is 1.95. The number of carbonyl (C=O) groups is 2. The minimum absolute atomic E-state index is 0.00365. The van der Waals surface area contributed by atoms with Crippen LogP contribution < -0.4 is 5.32 Å². The summed E-state index contributed by atoms with van der Waals surface area (Å²) >= 11 is 5.88. The van der Waals surface area contributed by atoms with E-state index in [2.05, 4.69) is 5.32 Å². The van der Waals surface area contributed by atoms with Gasteiger partial charge in [0.25, 0.3) is 0 Å². The van der Waals surface area contributed by atoms with E-state index in [4.69, 9.17) is 11.6 Å². The van der Waals surface area contributed by atoms with E-state index in [-0.39, 0.29) is 17.7 Å². The molecule has 126 valence electrons. The summed E-state index contributed by atoms with van der Waals surface area (Å²) in [5.74, 6) is -0.0917. The number of ketones is 1. The Labute approximate surface area is 147 Å². The summed E-state index contributed by atoms with van der Waals surface area (Å²) in [5.41, 5.74) is 2.39. The first-order chi connectivity index (χ1) is 11.4. The second kappa shape index (κ2) is 8.08. The zero-order chi connectivity index (χ0) is 17.7. The highest BCUT2D eigenvalue weighted by Gasteiger charge is 2.18. The molecule has 1 atom stereocenters. The molecule has 0 spiro atoms.